The first-order chi connectivity index (χ1) is 6.27. The number of hydrogen-bond donors (Lipinski definition) is 1. The molecule has 1 aromatic heterocycles. The van der Waals surface area contributed by atoms with E-state index in [1.807, 2.05) is 18.2 Å². The number of rotatable bonds is 2. The molecule has 0 aliphatic carbocycles. The van der Waals surface area contributed by atoms with Gasteiger partial charge >= 0.3 is 51.4 Å². The molecule has 1 N–H and O–H groups in total. The summed E-state index contributed by atoms with van der Waals surface area (Å²) in [6, 6.07) is 7.30. The van der Waals surface area contributed by atoms with Gasteiger partial charge in [-0.05, 0) is 12.1 Å². The van der Waals surface area contributed by atoms with Crippen LogP contribution in [0.1, 0.15) is 0 Å². The third-order valence-corrected chi connectivity index (χ3v) is 2.02. The van der Waals surface area contributed by atoms with Crippen molar-refractivity contribution in [3.05, 3.63) is 30.5 Å². The van der Waals surface area contributed by atoms with Crippen molar-refractivity contribution >= 4 is 21.9 Å². The molecular formula is C8H6KNO3S. The molecule has 14 heavy (non-hydrogen) atoms. The zero-order chi connectivity index (χ0) is 9.26. The number of benzene rings is 1. The van der Waals surface area contributed by atoms with Crippen molar-refractivity contribution in [1.29, 1.82) is 0 Å². The summed E-state index contributed by atoms with van der Waals surface area (Å²) in [6.45, 7) is 0. The van der Waals surface area contributed by atoms with Crippen LogP contribution in [0.4, 0.5) is 0 Å². The average molecular weight is 235 g/mol. The zero-order valence-electron chi connectivity index (χ0n) is 7.52. The largest absolute Gasteiger partial charge is 1.00 e. The summed E-state index contributed by atoms with van der Waals surface area (Å²) in [5.41, 5.74) is 0.850. The molecule has 0 amide bonds. The molecular weight excluding hydrogens is 229 g/mol. The van der Waals surface area contributed by atoms with Crippen molar-refractivity contribution in [1.82, 2.24) is 4.98 Å². The number of para-hydroxylation sites is 1. The molecule has 0 aliphatic heterocycles. The van der Waals surface area contributed by atoms with Gasteiger partial charge in [0.2, 0.25) is 0 Å². The van der Waals surface area contributed by atoms with E-state index in [4.69, 9.17) is 0 Å². The van der Waals surface area contributed by atoms with Crippen LogP contribution in [0, 0.1) is 0 Å². The average Bonchev–Trinajstić information content (AvgIpc) is 2.48. The van der Waals surface area contributed by atoms with Gasteiger partial charge in [-0.3, -0.25) is 0 Å². The standard InChI is InChI=1S/C8H6NO3S.K/c10-13(11)12-8-5-9-7-4-2-1-3-6(7)8;/h1-5,9H;/q-1;+1. The summed E-state index contributed by atoms with van der Waals surface area (Å²) >= 11 is 0. The molecule has 0 aliphatic rings. The minimum Gasteiger partial charge on any atom is -0.531 e. The van der Waals surface area contributed by atoms with Gasteiger partial charge in [0.15, 0.2) is 0 Å². The number of fused-ring (bicyclic) bond motifs is 1. The van der Waals surface area contributed by atoms with Gasteiger partial charge in [-0.15, -0.1) is 0 Å². The Morgan fingerprint density at radius 3 is 2.64 bits per heavy atom. The summed E-state index contributed by atoms with van der Waals surface area (Å²) < 4.78 is 25.1. The molecule has 68 valence electrons. The molecule has 0 fully saturated rings. The van der Waals surface area contributed by atoms with Gasteiger partial charge in [-0.2, -0.15) is 0 Å². The maximum Gasteiger partial charge on any atom is 1.00 e. The molecule has 0 atom stereocenters. The van der Waals surface area contributed by atoms with Crippen LogP contribution >= 0.6 is 0 Å². The molecule has 0 spiro atoms. The topological polar surface area (TPSA) is 59.2 Å². The predicted octanol–water partition coefficient (Wildman–Crippen LogP) is -1.23. The SMILES string of the molecule is O=[S-](=O)Oc1c[nH]c2ccccc12.[K+]. The fourth-order valence-electron chi connectivity index (χ4n) is 1.19. The van der Waals surface area contributed by atoms with E-state index >= 15 is 0 Å². The summed E-state index contributed by atoms with van der Waals surface area (Å²) in [7, 11) is -2.52. The number of H-pyrrole nitrogens is 1. The number of nitrogens with one attached hydrogen (secondary N) is 1. The van der Waals surface area contributed by atoms with Crippen LogP contribution in [-0.2, 0) is 19.4 Å². The van der Waals surface area contributed by atoms with Crippen molar-refractivity contribution in [3.8, 4) is 5.75 Å². The Kier molecular flexibility index (Phi) is 4.62. The fraction of sp³-hybridized carbons (Fsp3) is 0. The monoisotopic (exact) mass is 235 g/mol. The molecule has 0 radical (unpaired) electrons. The maximum absolute atomic E-state index is 10.3. The van der Waals surface area contributed by atoms with Crippen LogP contribution in [0.5, 0.6) is 5.75 Å². The fourth-order valence-corrected chi connectivity index (χ4v) is 1.47. The van der Waals surface area contributed by atoms with Crippen molar-refractivity contribution in [2.75, 3.05) is 0 Å². The van der Waals surface area contributed by atoms with E-state index in [0.717, 1.165) is 10.9 Å². The zero-order valence-corrected chi connectivity index (χ0v) is 11.5. The number of aromatic amines is 1. The molecule has 1 aromatic carbocycles. The van der Waals surface area contributed by atoms with Crippen molar-refractivity contribution < 1.29 is 64.0 Å². The molecule has 2 rings (SSSR count). The second-order valence-electron chi connectivity index (χ2n) is 2.49. The van der Waals surface area contributed by atoms with E-state index in [9.17, 15) is 8.42 Å². The molecule has 0 saturated carbocycles. The number of aromatic nitrogens is 1. The Morgan fingerprint density at radius 1 is 1.21 bits per heavy atom. The van der Waals surface area contributed by atoms with E-state index in [1.54, 1.807) is 6.07 Å². The van der Waals surface area contributed by atoms with Crippen LogP contribution in [0.15, 0.2) is 30.5 Å². The molecule has 0 bridgehead atoms. The smallest absolute Gasteiger partial charge is 0.531 e. The minimum atomic E-state index is -2.52. The van der Waals surface area contributed by atoms with Crippen LogP contribution in [0.3, 0.4) is 0 Å². The second-order valence-corrected chi connectivity index (χ2v) is 3.06. The van der Waals surface area contributed by atoms with Gasteiger partial charge in [0.1, 0.15) is 16.7 Å². The molecule has 4 nitrogen and oxygen atoms in total. The number of hydrogen-bond acceptors (Lipinski definition) is 4. The Labute approximate surface area is 125 Å². The van der Waals surface area contributed by atoms with Gasteiger partial charge in [0.25, 0.3) is 0 Å². The predicted molar refractivity (Wildman–Crippen MR) is 47.7 cm³/mol. The molecule has 0 saturated heterocycles. The van der Waals surface area contributed by atoms with E-state index in [2.05, 4.69) is 9.17 Å². The Hall–Kier alpha value is 0.146. The van der Waals surface area contributed by atoms with Crippen molar-refractivity contribution in [2.24, 2.45) is 0 Å². The first kappa shape index (κ1) is 12.2. The molecule has 2 aromatic rings. The Balaban J connectivity index is 0.000000980. The maximum atomic E-state index is 10.3. The van der Waals surface area contributed by atoms with E-state index in [-0.39, 0.29) is 51.4 Å². The van der Waals surface area contributed by atoms with Crippen LogP contribution < -0.4 is 55.6 Å². The van der Waals surface area contributed by atoms with E-state index < -0.39 is 11.0 Å². The summed E-state index contributed by atoms with van der Waals surface area (Å²) in [5, 5.41) is 0.756. The Morgan fingerprint density at radius 2 is 1.93 bits per heavy atom. The normalized spacial score (nSPS) is 10.1. The first-order valence-electron chi connectivity index (χ1n) is 3.61. The van der Waals surface area contributed by atoms with Crippen molar-refractivity contribution in [2.45, 2.75) is 0 Å². The van der Waals surface area contributed by atoms with E-state index in [0.29, 0.717) is 5.75 Å². The van der Waals surface area contributed by atoms with Crippen molar-refractivity contribution in [3.63, 3.8) is 0 Å². The van der Waals surface area contributed by atoms with Gasteiger partial charge in [0.05, 0.1) is 0 Å². The first-order valence-corrected chi connectivity index (χ1v) is 4.61. The minimum absolute atomic E-state index is 0. The van der Waals surface area contributed by atoms with E-state index in [1.165, 1.54) is 6.20 Å². The van der Waals surface area contributed by atoms with Gasteiger partial charge < -0.3 is 17.6 Å². The summed E-state index contributed by atoms with van der Waals surface area (Å²) in [6.07, 6.45) is 1.51. The quantitative estimate of drug-likeness (QED) is 0.524. The van der Waals surface area contributed by atoms with Gasteiger partial charge in [0, 0.05) is 17.1 Å². The summed E-state index contributed by atoms with van der Waals surface area (Å²) in [4.78, 5) is 2.90. The van der Waals surface area contributed by atoms with Crippen LogP contribution in [0.25, 0.3) is 10.9 Å². The molecule has 1 heterocycles. The van der Waals surface area contributed by atoms with Crippen LogP contribution in [-0.4, -0.2) is 4.98 Å². The second kappa shape index (κ2) is 5.29. The van der Waals surface area contributed by atoms with Gasteiger partial charge in [-0.25, -0.2) is 0 Å². The molecule has 0 unspecified atom stereocenters. The molecule has 6 heteroatoms. The third-order valence-electron chi connectivity index (χ3n) is 1.71. The van der Waals surface area contributed by atoms with Crippen LogP contribution in [0.2, 0.25) is 0 Å². The third kappa shape index (κ3) is 2.59. The Bertz CT molecular complexity index is 498. The van der Waals surface area contributed by atoms with Gasteiger partial charge in [-0.1, -0.05) is 12.1 Å². The summed E-state index contributed by atoms with van der Waals surface area (Å²) in [5.74, 6) is 0.323.